The van der Waals surface area contributed by atoms with Crippen LogP contribution in [0.15, 0.2) is 18.7 Å². The topological polar surface area (TPSA) is 53.1 Å². The van der Waals surface area contributed by atoms with Crippen molar-refractivity contribution >= 4 is 0 Å². The molecule has 0 radical (unpaired) electrons. The number of hydrogen-bond acceptors (Lipinski definition) is 3. The van der Waals surface area contributed by atoms with E-state index in [9.17, 15) is 0 Å². The molecule has 0 saturated carbocycles. The largest absolute Gasteiger partial charge is 0.375 e. The van der Waals surface area contributed by atoms with Gasteiger partial charge in [-0.15, -0.1) is 0 Å². The molecule has 2 N–H and O–H groups in total. The van der Waals surface area contributed by atoms with E-state index in [1.54, 1.807) is 6.20 Å². The molecule has 2 atom stereocenters. The van der Waals surface area contributed by atoms with Gasteiger partial charge in [0.15, 0.2) is 0 Å². The van der Waals surface area contributed by atoms with Crippen LogP contribution in [0.2, 0.25) is 0 Å². The summed E-state index contributed by atoms with van der Waals surface area (Å²) in [5, 5.41) is 0. The van der Waals surface area contributed by atoms with Crippen molar-refractivity contribution in [1.29, 1.82) is 0 Å². The molecule has 2 rings (SSSR count). The second-order valence-electron chi connectivity index (χ2n) is 3.43. The quantitative estimate of drug-likeness (QED) is 0.725. The van der Waals surface area contributed by atoms with Crippen molar-refractivity contribution in [3.05, 3.63) is 18.7 Å². The lowest BCUT2D eigenvalue weighted by molar-refractivity contribution is -0.00609. The fourth-order valence-electron chi connectivity index (χ4n) is 1.70. The minimum Gasteiger partial charge on any atom is -0.375 e. The van der Waals surface area contributed by atoms with Crippen LogP contribution in [-0.2, 0) is 4.74 Å². The van der Waals surface area contributed by atoms with Crippen LogP contribution < -0.4 is 5.73 Å². The number of nitrogens with two attached hydrogens (primary N) is 1. The maximum absolute atomic E-state index is 5.59. The van der Waals surface area contributed by atoms with Gasteiger partial charge in [-0.1, -0.05) is 0 Å². The van der Waals surface area contributed by atoms with Crippen molar-refractivity contribution in [3.63, 3.8) is 0 Å². The highest BCUT2D eigenvalue weighted by Crippen LogP contribution is 2.22. The fourth-order valence-corrected chi connectivity index (χ4v) is 1.70. The normalized spacial score (nSPS) is 29.0. The summed E-state index contributed by atoms with van der Waals surface area (Å²) >= 11 is 0. The van der Waals surface area contributed by atoms with Gasteiger partial charge < -0.3 is 15.0 Å². The second kappa shape index (κ2) is 3.89. The van der Waals surface area contributed by atoms with Crippen LogP contribution in [0.1, 0.15) is 18.9 Å². The monoisotopic (exact) mass is 181 g/mol. The Hall–Kier alpha value is -0.870. The number of aromatic nitrogens is 2. The number of ether oxygens (including phenoxy) is 1. The number of rotatable bonds is 2. The average molecular weight is 181 g/mol. The first-order valence-electron chi connectivity index (χ1n) is 4.69. The Balaban J connectivity index is 1.92. The van der Waals surface area contributed by atoms with Gasteiger partial charge in [-0.2, -0.15) is 0 Å². The maximum atomic E-state index is 5.59. The van der Waals surface area contributed by atoms with Crippen molar-refractivity contribution in [2.75, 3.05) is 13.2 Å². The van der Waals surface area contributed by atoms with E-state index >= 15 is 0 Å². The predicted molar refractivity (Wildman–Crippen MR) is 49.3 cm³/mol. The van der Waals surface area contributed by atoms with Crippen LogP contribution in [0.4, 0.5) is 0 Å². The van der Waals surface area contributed by atoms with Crippen LogP contribution in [0.25, 0.3) is 0 Å². The zero-order chi connectivity index (χ0) is 9.10. The van der Waals surface area contributed by atoms with Crippen molar-refractivity contribution in [2.45, 2.75) is 25.0 Å². The van der Waals surface area contributed by atoms with Crippen molar-refractivity contribution in [3.8, 4) is 0 Å². The van der Waals surface area contributed by atoms with Gasteiger partial charge in [-0.25, -0.2) is 4.98 Å². The van der Waals surface area contributed by atoms with Crippen molar-refractivity contribution in [1.82, 2.24) is 9.55 Å². The molecule has 0 unspecified atom stereocenters. The van der Waals surface area contributed by atoms with E-state index in [-0.39, 0.29) is 6.10 Å². The molecule has 0 spiro atoms. The first-order valence-corrected chi connectivity index (χ1v) is 4.69. The second-order valence-corrected chi connectivity index (χ2v) is 3.43. The first kappa shape index (κ1) is 8.72. The fraction of sp³-hybridized carbons (Fsp3) is 0.667. The standard InChI is InChI=1S/C9H15N3O/c10-5-9-2-1-8(6-13-9)12-4-3-11-7-12/h3-4,7-9H,1-2,5-6,10H2/t8-,9+/m0/s1. The molecule has 4 heteroatoms. The summed E-state index contributed by atoms with van der Waals surface area (Å²) in [4.78, 5) is 4.02. The molecular formula is C9H15N3O. The molecule has 0 amide bonds. The molecule has 4 nitrogen and oxygen atoms in total. The van der Waals surface area contributed by atoms with Gasteiger partial charge in [0, 0.05) is 18.9 Å². The molecule has 1 aromatic rings. The summed E-state index contributed by atoms with van der Waals surface area (Å²) in [6.45, 7) is 1.40. The SMILES string of the molecule is NC[C@H]1CC[C@H](n2ccnc2)CO1. The van der Waals surface area contributed by atoms with Gasteiger partial charge in [-0.05, 0) is 12.8 Å². The van der Waals surface area contributed by atoms with Gasteiger partial charge in [0.2, 0.25) is 0 Å². The van der Waals surface area contributed by atoms with Crippen molar-refractivity contribution < 1.29 is 4.74 Å². The van der Waals surface area contributed by atoms with Gasteiger partial charge >= 0.3 is 0 Å². The first-order chi connectivity index (χ1) is 6.40. The summed E-state index contributed by atoms with van der Waals surface area (Å²) in [5.41, 5.74) is 5.52. The summed E-state index contributed by atoms with van der Waals surface area (Å²) in [6.07, 6.45) is 8.08. The molecule has 1 aliphatic heterocycles. The van der Waals surface area contributed by atoms with Gasteiger partial charge in [0.25, 0.3) is 0 Å². The molecule has 1 fully saturated rings. The van der Waals surface area contributed by atoms with E-state index in [2.05, 4.69) is 9.55 Å². The summed E-state index contributed by atoms with van der Waals surface area (Å²) in [5.74, 6) is 0. The van der Waals surface area contributed by atoms with E-state index in [1.807, 2.05) is 12.5 Å². The Morgan fingerprint density at radius 2 is 2.46 bits per heavy atom. The molecule has 2 heterocycles. The zero-order valence-corrected chi connectivity index (χ0v) is 7.60. The molecule has 0 aromatic carbocycles. The number of imidazole rings is 1. The predicted octanol–water partition coefficient (Wildman–Crippen LogP) is 0.562. The molecule has 72 valence electrons. The van der Waals surface area contributed by atoms with Crippen LogP contribution in [-0.4, -0.2) is 28.8 Å². The number of nitrogens with zero attached hydrogens (tertiary/aromatic N) is 2. The van der Waals surface area contributed by atoms with E-state index < -0.39 is 0 Å². The molecule has 1 aliphatic rings. The molecule has 13 heavy (non-hydrogen) atoms. The molecule has 0 bridgehead atoms. The van der Waals surface area contributed by atoms with Crippen LogP contribution in [0.3, 0.4) is 0 Å². The third-order valence-electron chi connectivity index (χ3n) is 2.56. The van der Waals surface area contributed by atoms with E-state index in [1.165, 1.54) is 0 Å². The third kappa shape index (κ3) is 1.89. The van der Waals surface area contributed by atoms with Crippen LogP contribution >= 0.6 is 0 Å². The highest BCUT2D eigenvalue weighted by Gasteiger charge is 2.21. The average Bonchev–Trinajstić information content (AvgIpc) is 2.71. The number of hydrogen-bond donors (Lipinski definition) is 1. The maximum Gasteiger partial charge on any atom is 0.0949 e. The molecule has 0 aliphatic carbocycles. The lowest BCUT2D eigenvalue weighted by Gasteiger charge is -2.28. The Morgan fingerprint density at radius 3 is 3.00 bits per heavy atom. The smallest absolute Gasteiger partial charge is 0.0949 e. The van der Waals surface area contributed by atoms with E-state index in [0.29, 0.717) is 12.6 Å². The van der Waals surface area contributed by atoms with Crippen LogP contribution in [0.5, 0.6) is 0 Å². The summed E-state index contributed by atoms with van der Waals surface area (Å²) in [6, 6.07) is 0.449. The highest BCUT2D eigenvalue weighted by atomic mass is 16.5. The van der Waals surface area contributed by atoms with E-state index in [4.69, 9.17) is 10.5 Å². The van der Waals surface area contributed by atoms with Crippen molar-refractivity contribution in [2.24, 2.45) is 5.73 Å². The van der Waals surface area contributed by atoms with Crippen LogP contribution in [0, 0.1) is 0 Å². The lowest BCUT2D eigenvalue weighted by Crippen LogP contribution is -2.32. The molecule has 1 saturated heterocycles. The van der Waals surface area contributed by atoms with Gasteiger partial charge in [-0.3, -0.25) is 0 Å². The van der Waals surface area contributed by atoms with Gasteiger partial charge in [0.1, 0.15) is 0 Å². The Labute approximate surface area is 77.7 Å². The minimum absolute atomic E-state index is 0.264. The Morgan fingerprint density at radius 1 is 1.54 bits per heavy atom. The minimum atomic E-state index is 0.264. The third-order valence-corrected chi connectivity index (χ3v) is 2.56. The summed E-state index contributed by atoms with van der Waals surface area (Å²) < 4.78 is 7.69. The molecule has 1 aromatic heterocycles. The highest BCUT2D eigenvalue weighted by molar-refractivity contribution is 4.83. The van der Waals surface area contributed by atoms with E-state index in [0.717, 1.165) is 19.4 Å². The zero-order valence-electron chi connectivity index (χ0n) is 7.60. The molecular weight excluding hydrogens is 166 g/mol. The Kier molecular flexibility index (Phi) is 2.61. The lowest BCUT2D eigenvalue weighted by atomic mass is 10.1. The summed E-state index contributed by atoms with van der Waals surface area (Å²) in [7, 11) is 0. The van der Waals surface area contributed by atoms with Gasteiger partial charge in [0.05, 0.1) is 25.1 Å². The Bertz CT molecular complexity index is 239.